The molecule has 1 nitrogen and oxygen atoms in total. The van der Waals surface area contributed by atoms with Crippen LogP contribution in [0.2, 0.25) is 0 Å². The second kappa shape index (κ2) is 12.1. The fraction of sp³-hybridized carbons (Fsp3) is 0.0612. The van der Waals surface area contributed by atoms with Crippen LogP contribution in [0.1, 0.15) is 25.0 Å². The molecule has 0 saturated heterocycles. The van der Waals surface area contributed by atoms with Gasteiger partial charge in [-0.05, 0) is 97.2 Å². The Morgan fingerprint density at radius 1 is 0.360 bits per heavy atom. The van der Waals surface area contributed by atoms with Gasteiger partial charge in [0.15, 0.2) is 0 Å². The predicted molar refractivity (Wildman–Crippen MR) is 213 cm³/mol. The van der Waals surface area contributed by atoms with Crippen molar-refractivity contribution in [2.45, 2.75) is 19.3 Å². The van der Waals surface area contributed by atoms with Gasteiger partial charge in [0.05, 0.1) is 5.69 Å². The molecule has 1 aliphatic carbocycles. The molecule has 0 N–H and O–H groups in total. The van der Waals surface area contributed by atoms with Gasteiger partial charge in [0, 0.05) is 22.4 Å². The fourth-order valence-corrected chi connectivity index (χ4v) is 7.96. The molecule has 0 amide bonds. The molecule has 50 heavy (non-hydrogen) atoms. The van der Waals surface area contributed by atoms with Crippen molar-refractivity contribution < 1.29 is 0 Å². The summed E-state index contributed by atoms with van der Waals surface area (Å²) in [4.78, 5) is 2.45. The number of benzene rings is 8. The topological polar surface area (TPSA) is 3.24 Å². The Labute approximate surface area is 294 Å². The Bertz CT molecular complexity index is 2520. The number of para-hydroxylation sites is 1. The third-order valence-electron chi connectivity index (χ3n) is 10.5. The maximum absolute atomic E-state index is 2.45. The Kier molecular flexibility index (Phi) is 7.21. The number of rotatable bonds is 6. The number of hydrogen-bond acceptors (Lipinski definition) is 1. The summed E-state index contributed by atoms with van der Waals surface area (Å²) in [6.45, 7) is 4.71. The molecule has 1 aliphatic rings. The molecule has 238 valence electrons. The van der Waals surface area contributed by atoms with Crippen LogP contribution < -0.4 is 4.90 Å². The SMILES string of the molecule is CC1(C)c2ccccc2-c2ccc(N(c3cccc(-c4ccccc4)c3)c3ccccc3-c3cccc(-c4cccc5ccccc45)c3)cc21. The highest BCUT2D eigenvalue weighted by Gasteiger charge is 2.35. The highest BCUT2D eigenvalue weighted by atomic mass is 15.1. The lowest BCUT2D eigenvalue weighted by atomic mass is 9.82. The van der Waals surface area contributed by atoms with Crippen LogP contribution in [0.4, 0.5) is 17.1 Å². The van der Waals surface area contributed by atoms with Crippen molar-refractivity contribution in [3.63, 3.8) is 0 Å². The zero-order valence-electron chi connectivity index (χ0n) is 28.3. The first-order chi connectivity index (χ1) is 24.6. The van der Waals surface area contributed by atoms with Gasteiger partial charge < -0.3 is 4.90 Å². The molecule has 8 aromatic rings. The summed E-state index contributed by atoms with van der Waals surface area (Å²) in [7, 11) is 0. The number of hydrogen-bond donors (Lipinski definition) is 0. The number of nitrogens with zero attached hydrogens (tertiary/aromatic N) is 1. The highest BCUT2D eigenvalue weighted by Crippen LogP contribution is 2.51. The van der Waals surface area contributed by atoms with Crippen molar-refractivity contribution in [3.05, 3.63) is 199 Å². The van der Waals surface area contributed by atoms with E-state index in [4.69, 9.17) is 0 Å². The smallest absolute Gasteiger partial charge is 0.0540 e. The minimum atomic E-state index is -0.105. The molecular weight excluding hydrogens is 603 g/mol. The first-order valence-electron chi connectivity index (χ1n) is 17.4. The van der Waals surface area contributed by atoms with Gasteiger partial charge in [0.2, 0.25) is 0 Å². The summed E-state index contributed by atoms with van der Waals surface area (Å²) in [5, 5.41) is 2.52. The minimum Gasteiger partial charge on any atom is -0.310 e. The lowest BCUT2D eigenvalue weighted by Gasteiger charge is -2.30. The van der Waals surface area contributed by atoms with Gasteiger partial charge in [-0.2, -0.15) is 0 Å². The lowest BCUT2D eigenvalue weighted by molar-refractivity contribution is 0.660. The largest absolute Gasteiger partial charge is 0.310 e. The highest BCUT2D eigenvalue weighted by molar-refractivity contribution is 5.98. The van der Waals surface area contributed by atoms with Gasteiger partial charge in [0.25, 0.3) is 0 Å². The van der Waals surface area contributed by atoms with Crippen LogP contribution in [0, 0.1) is 0 Å². The third kappa shape index (κ3) is 5.02. The third-order valence-corrected chi connectivity index (χ3v) is 10.5. The standard InChI is InChI=1S/C49H37N/c1-49(2)46-27-10-8-25-44(46)45-30-29-40(33-47(45)49)50(39-22-13-19-36(32-39)34-15-4-3-5-16-34)48-28-11-9-24-43(48)38-21-12-20-37(31-38)42-26-14-18-35-17-6-7-23-41(35)42/h3-33H,1-2H3. The number of fused-ring (bicyclic) bond motifs is 4. The van der Waals surface area contributed by atoms with Crippen LogP contribution in [0.5, 0.6) is 0 Å². The lowest BCUT2D eigenvalue weighted by Crippen LogP contribution is -2.17. The molecule has 0 spiro atoms. The van der Waals surface area contributed by atoms with Crippen LogP contribution in [0.15, 0.2) is 188 Å². The normalized spacial score (nSPS) is 12.8. The van der Waals surface area contributed by atoms with Gasteiger partial charge in [-0.25, -0.2) is 0 Å². The van der Waals surface area contributed by atoms with Crippen molar-refractivity contribution in [1.29, 1.82) is 0 Å². The molecule has 0 saturated carbocycles. The summed E-state index contributed by atoms with van der Waals surface area (Å²) in [6, 6.07) is 68.6. The van der Waals surface area contributed by atoms with Gasteiger partial charge >= 0.3 is 0 Å². The second-order valence-corrected chi connectivity index (χ2v) is 13.8. The molecule has 0 aliphatic heterocycles. The maximum atomic E-state index is 2.45. The quantitative estimate of drug-likeness (QED) is 0.175. The second-order valence-electron chi connectivity index (χ2n) is 13.8. The molecule has 0 bridgehead atoms. The van der Waals surface area contributed by atoms with E-state index in [0.29, 0.717) is 0 Å². The average molecular weight is 640 g/mol. The van der Waals surface area contributed by atoms with E-state index in [1.54, 1.807) is 0 Å². The molecular formula is C49H37N. The Hall–Kier alpha value is -6.18. The number of anilines is 3. The van der Waals surface area contributed by atoms with E-state index in [0.717, 1.165) is 17.1 Å². The molecule has 1 heteroatoms. The van der Waals surface area contributed by atoms with Gasteiger partial charge in [0.1, 0.15) is 0 Å². The summed E-state index contributed by atoms with van der Waals surface area (Å²) < 4.78 is 0. The Balaban J connectivity index is 1.24. The van der Waals surface area contributed by atoms with Crippen molar-refractivity contribution in [1.82, 2.24) is 0 Å². The van der Waals surface area contributed by atoms with Crippen LogP contribution >= 0.6 is 0 Å². The summed E-state index contributed by atoms with van der Waals surface area (Å²) >= 11 is 0. The predicted octanol–water partition coefficient (Wildman–Crippen LogP) is 13.6. The monoisotopic (exact) mass is 639 g/mol. The van der Waals surface area contributed by atoms with Crippen LogP contribution in [-0.4, -0.2) is 0 Å². The van der Waals surface area contributed by atoms with E-state index in [1.165, 1.54) is 66.4 Å². The molecule has 9 rings (SSSR count). The fourth-order valence-electron chi connectivity index (χ4n) is 7.96. The average Bonchev–Trinajstić information content (AvgIpc) is 3.41. The summed E-state index contributed by atoms with van der Waals surface area (Å²) in [6.07, 6.45) is 0. The molecule has 0 heterocycles. The first-order valence-corrected chi connectivity index (χ1v) is 17.4. The molecule has 0 aromatic heterocycles. The first kappa shape index (κ1) is 29.9. The zero-order valence-corrected chi connectivity index (χ0v) is 28.3. The van der Waals surface area contributed by atoms with Crippen LogP contribution in [0.3, 0.4) is 0 Å². The molecule has 0 unspecified atom stereocenters. The molecule has 0 radical (unpaired) electrons. The summed E-state index contributed by atoms with van der Waals surface area (Å²) in [5.41, 5.74) is 15.9. The van der Waals surface area contributed by atoms with E-state index in [-0.39, 0.29) is 5.41 Å². The van der Waals surface area contributed by atoms with Gasteiger partial charge in [-0.15, -0.1) is 0 Å². The van der Waals surface area contributed by atoms with E-state index in [2.05, 4.69) is 207 Å². The van der Waals surface area contributed by atoms with Gasteiger partial charge in [-0.3, -0.25) is 0 Å². The van der Waals surface area contributed by atoms with Crippen LogP contribution in [0.25, 0.3) is 55.3 Å². The van der Waals surface area contributed by atoms with Gasteiger partial charge in [-0.1, -0.05) is 166 Å². The Morgan fingerprint density at radius 3 is 1.82 bits per heavy atom. The van der Waals surface area contributed by atoms with Crippen molar-refractivity contribution >= 4 is 27.8 Å². The zero-order chi connectivity index (χ0) is 33.7. The van der Waals surface area contributed by atoms with E-state index < -0.39 is 0 Å². The van der Waals surface area contributed by atoms with E-state index >= 15 is 0 Å². The van der Waals surface area contributed by atoms with Crippen molar-refractivity contribution in [3.8, 4) is 44.5 Å². The molecule has 0 atom stereocenters. The van der Waals surface area contributed by atoms with E-state index in [9.17, 15) is 0 Å². The minimum absolute atomic E-state index is 0.105. The van der Waals surface area contributed by atoms with Crippen LogP contribution in [-0.2, 0) is 5.41 Å². The maximum Gasteiger partial charge on any atom is 0.0540 e. The van der Waals surface area contributed by atoms with Crippen molar-refractivity contribution in [2.24, 2.45) is 0 Å². The summed E-state index contributed by atoms with van der Waals surface area (Å²) in [5.74, 6) is 0. The van der Waals surface area contributed by atoms with Crippen molar-refractivity contribution in [2.75, 3.05) is 4.90 Å². The molecule has 8 aromatic carbocycles. The molecule has 0 fully saturated rings. The Morgan fingerprint density at radius 2 is 0.940 bits per heavy atom. The van der Waals surface area contributed by atoms with E-state index in [1.807, 2.05) is 0 Å².